The van der Waals surface area contributed by atoms with Crippen LogP contribution in [0.5, 0.6) is 0 Å². The Balaban J connectivity index is 2.64. The lowest BCUT2D eigenvalue weighted by Gasteiger charge is -1.96. The Kier molecular flexibility index (Phi) is 1.77. The smallest absolute Gasteiger partial charge is 0.325 e. The van der Waals surface area contributed by atoms with E-state index in [-0.39, 0.29) is 12.1 Å². The molecule has 0 bridgehead atoms. The maximum atomic E-state index is 11.2. The van der Waals surface area contributed by atoms with Crippen molar-refractivity contribution >= 4 is 16.9 Å². The van der Waals surface area contributed by atoms with Crippen LogP contribution >= 0.6 is 0 Å². The number of nitrogens with one attached hydrogen (secondary N) is 1. The van der Waals surface area contributed by atoms with Crippen LogP contribution < -0.4 is 5.56 Å². The van der Waals surface area contributed by atoms with Crippen LogP contribution in [0.25, 0.3) is 10.9 Å². The first-order valence-electron chi connectivity index (χ1n) is 3.79. The molecule has 2 heterocycles. The van der Waals surface area contributed by atoms with E-state index < -0.39 is 5.97 Å². The highest BCUT2D eigenvalue weighted by Gasteiger charge is 2.08. The van der Waals surface area contributed by atoms with Crippen molar-refractivity contribution in [2.24, 2.45) is 0 Å². The van der Waals surface area contributed by atoms with Crippen molar-refractivity contribution in [3.8, 4) is 0 Å². The summed E-state index contributed by atoms with van der Waals surface area (Å²) in [5.41, 5.74) is 0.0373. The molecule has 0 fully saturated rings. The summed E-state index contributed by atoms with van der Waals surface area (Å²) < 4.78 is 1.21. The third-order valence-corrected chi connectivity index (χ3v) is 1.76. The molecule has 0 saturated heterocycles. The first-order chi connectivity index (χ1) is 6.68. The number of carboxylic acid groups (broad SMARTS) is 1. The summed E-state index contributed by atoms with van der Waals surface area (Å²) in [6.07, 6.45) is 2.69. The standard InChI is InChI=1S/C7H6N4O3/c12-6(13)3-11-5-2-8-10-7(14)4(5)1-9-11/h1-2H,3H2,(H,10,14)(H,12,13). The zero-order chi connectivity index (χ0) is 10.1. The quantitative estimate of drug-likeness (QED) is 0.652. The Bertz CT molecular complexity index is 541. The molecule has 0 aromatic carbocycles. The number of rotatable bonds is 2. The minimum absolute atomic E-state index is 0.283. The molecule has 0 unspecified atom stereocenters. The molecule has 0 amide bonds. The van der Waals surface area contributed by atoms with Crippen LogP contribution in [-0.2, 0) is 11.3 Å². The molecule has 0 saturated carbocycles. The minimum Gasteiger partial charge on any atom is -0.480 e. The normalized spacial score (nSPS) is 10.6. The van der Waals surface area contributed by atoms with Gasteiger partial charge in [-0.1, -0.05) is 0 Å². The van der Waals surface area contributed by atoms with E-state index in [4.69, 9.17) is 5.11 Å². The Labute approximate surface area is 77.0 Å². The molecule has 0 atom stereocenters. The summed E-state index contributed by atoms with van der Waals surface area (Å²) in [5.74, 6) is -1.02. The van der Waals surface area contributed by atoms with Gasteiger partial charge in [-0.05, 0) is 0 Å². The Morgan fingerprint density at radius 2 is 2.36 bits per heavy atom. The molecule has 0 aliphatic heterocycles. The minimum atomic E-state index is -1.02. The number of aromatic nitrogens is 4. The molecule has 2 aromatic heterocycles. The second-order valence-corrected chi connectivity index (χ2v) is 2.69. The largest absolute Gasteiger partial charge is 0.480 e. The molecule has 2 rings (SSSR count). The van der Waals surface area contributed by atoms with Crippen LogP contribution in [0, 0.1) is 0 Å². The van der Waals surface area contributed by atoms with Gasteiger partial charge in [-0.3, -0.25) is 14.3 Å². The van der Waals surface area contributed by atoms with Gasteiger partial charge in [-0.2, -0.15) is 10.2 Å². The number of carbonyl (C=O) groups is 1. The van der Waals surface area contributed by atoms with E-state index in [2.05, 4.69) is 15.3 Å². The summed E-state index contributed by atoms with van der Waals surface area (Å²) in [5, 5.41) is 18.4. The third kappa shape index (κ3) is 1.24. The lowest BCUT2D eigenvalue weighted by Crippen LogP contribution is -2.11. The zero-order valence-electron chi connectivity index (χ0n) is 6.97. The van der Waals surface area contributed by atoms with Crippen molar-refractivity contribution in [1.82, 2.24) is 20.0 Å². The van der Waals surface area contributed by atoms with Crippen LogP contribution in [0.4, 0.5) is 0 Å². The third-order valence-electron chi connectivity index (χ3n) is 1.76. The summed E-state index contributed by atoms with van der Waals surface area (Å²) >= 11 is 0. The van der Waals surface area contributed by atoms with Crippen molar-refractivity contribution in [2.45, 2.75) is 6.54 Å². The fourth-order valence-corrected chi connectivity index (χ4v) is 1.17. The fraction of sp³-hybridized carbons (Fsp3) is 0.143. The lowest BCUT2D eigenvalue weighted by atomic mass is 10.4. The van der Waals surface area contributed by atoms with Gasteiger partial charge in [0.25, 0.3) is 5.56 Å². The predicted molar refractivity (Wildman–Crippen MR) is 45.8 cm³/mol. The first kappa shape index (κ1) is 8.42. The topological polar surface area (TPSA) is 101 Å². The second-order valence-electron chi connectivity index (χ2n) is 2.69. The number of H-pyrrole nitrogens is 1. The van der Waals surface area contributed by atoms with Gasteiger partial charge in [0.15, 0.2) is 0 Å². The number of fused-ring (bicyclic) bond motifs is 1. The number of carboxylic acids is 1. The van der Waals surface area contributed by atoms with Gasteiger partial charge in [0.1, 0.15) is 6.54 Å². The summed E-state index contributed by atoms with van der Waals surface area (Å²) in [4.78, 5) is 21.6. The van der Waals surface area contributed by atoms with Gasteiger partial charge >= 0.3 is 5.97 Å². The molecule has 7 nitrogen and oxygen atoms in total. The van der Waals surface area contributed by atoms with Crippen molar-refractivity contribution in [3.05, 3.63) is 22.7 Å². The Morgan fingerprint density at radius 1 is 1.57 bits per heavy atom. The number of hydrogen-bond donors (Lipinski definition) is 2. The molecule has 14 heavy (non-hydrogen) atoms. The highest BCUT2D eigenvalue weighted by atomic mass is 16.4. The van der Waals surface area contributed by atoms with Gasteiger partial charge < -0.3 is 5.11 Å². The lowest BCUT2D eigenvalue weighted by molar-refractivity contribution is -0.137. The number of hydrogen-bond acceptors (Lipinski definition) is 4. The predicted octanol–water partition coefficient (Wildman–Crippen LogP) is -0.796. The van der Waals surface area contributed by atoms with E-state index in [1.165, 1.54) is 17.1 Å². The molecule has 0 radical (unpaired) electrons. The zero-order valence-corrected chi connectivity index (χ0v) is 6.97. The van der Waals surface area contributed by atoms with Gasteiger partial charge in [0, 0.05) is 0 Å². The van der Waals surface area contributed by atoms with Crippen LogP contribution in [-0.4, -0.2) is 31.1 Å². The van der Waals surface area contributed by atoms with Crippen LogP contribution in [0.3, 0.4) is 0 Å². The highest BCUT2D eigenvalue weighted by Crippen LogP contribution is 2.05. The highest BCUT2D eigenvalue weighted by molar-refractivity contribution is 5.78. The average Bonchev–Trinajstić information content (AvgIpc) is 2.49. The van der Waals surface area contributed by atoms with E-state index in [1.54, 1.807) is 0 Å². The van der Waals surface area contributed by atoms with Crippen molar-refractivity contribution in [1.29, 1.82) is 0 Å². The summed E-state index contributed by atoms with van der Waals surface area (Å²) in [6.45, 7) is -0.283. The Hall–Kier alpha value is -2.18. The van der Waals surface area contributed by atoms with Gasteiger partial charge in [0.2, 0.25) is 0 Å². The van der Waals surface area contributed by atoms with E-state index >= 15 is 0 Å². The Morgan fingerprint density at radius 3 is 3.07 bits per heavy atom. The van der Waals surface area contributed by atoms with Crippen LogP contribution in [0.1, 0.15) is 0 Å². The van der Waals surface area contributed by atoms with Crippen molar-refractivity contribution < 1.29 is 9.90 Å². The number of aliphatic carboxylic acids is 1. The fourth-order valence-electron chi connectivity index (χ4n) is 1.17. The average molecular weight is 194 g/mol. The number of nitrogens with zero attached hydrogens (tertiary/aromatic N) is 3. The molecule has 2 aromatic rings. The summed E-state index contributed by atoms with van der Waals surface area (Å²) in [6, 6.07) is 0. The van der Waals surface area contributed by atoms with E-state index in [0.29, 0.717) is 10.9 Å². The maximum absolute atomic E-state index is 11.2. The molecule has 0 aliphatic carbocycles. The maximum Gasteiger partial charge on any atom is 0.325 e. The van der Waals surface area contributed by atoms with Crippen molar-refractivity contribution in [2.75, 3.05) is 0 Å². The molecular weight excluding hydrogens is 188 g/mol. The molecule has 0 spiro atoms. The molecule has 72 valence electrons. The molecule has 2 N–H and O–H groups in total. The second kappa shape index (κ2) is 2.95. The first-order valence-corrected chi connectivity index (χ1v) is 3.79. The monoisotopic (exact) mass is 194 g/mol. The van der Waals surface area contributed by atoms with Crippen LogP contribution in [0.15, 0.2) is 17.2 Å². The van der Waals surface area contributed by atoms with E-state index in [9.17, 15) is 9.59 Å². The number of aromatic amines is 1. The van der Waals surface area contributed by atoms with Gasteiger partial charge in [0.05, 0.1) is 23.3 Å². The van der Waals surface area contributed by atoms with E-state index in [0.717, 1.165) is 0 Å². The molecule has 0 aliphatic rings. The van der Waals surface area contributed by atoms with Crippen molar-refractivity contribution in [3.63, 3.8) is 0 Å². The van der Waals surface area contributed by atoms with Crippen LogP contribution in [0.2, 0.25) is 0 Å². The van der Waals surface area contributed by atoms with Gasteiger partial charge in [-0.15, -0.1) is 0 Å². The molecule has 7 heteroatoms. The van der Waals surface area contributed by atoms with E-state index in [1.807, 2.05) is 0 Å². The van der Waals surface area contributed by atoms with Gasteiger partial charge in [-0.25, -0.2) is 5.10 Å². The summed E-state index contributed by atoms with van der Waals surface area (Å²) in [7, 11) is 0. The molecular formula is C7H6N4O3. The SMILES string of the molecule is O=C(O)Cn1ncc2c(=O)[nH]ncc21.